The highest BCUT2D eigenvalue weighted by Gasteiger charge is 2.22. The van der Waals surface area contributed by atoms with Gasteiger partial charge in [-0.2, -0.15) is 0 Å². The fraction of sp³-hybridized carbons (Fsp3) is 0.188. The molecule has 0 bridgehead atoms. The average molecular weight is 385 g/mol. The normalized spacial score (nSPS) is 14.5. The number of nitrogens with one attached hydrogen (secondary N) is 1. The molecule has 0 unspecified atom stereocenters. The predicted molar refractivity (Wildman–Crippen MR) is 86.3 cm³/mol. The SMILES string of the molecule is O=C(c1ccc(Cl)c(F)c1)c1ccc(Br)cc1OC1CNC1. The lowest BCUT2D eigenvalue weighted by Gasteiger charge is -2.28. The zero-order valence-corrected chi connectivity index (χ0v) is 13.7. The number of hydrogen-bond donors (Lipinski definition) is 1. The third-order valence-electron chi connectivity index (χ3n) is 3.41. The van der Waals surface area contributed by atoms with E-state index >= 15 is 0 Å². The van der Waals surface area contributed by atoms with E-state index in [0.717, 1.165) is 23.6 Å². The van der Waals surface area contributed by atoms with Crippen molar-refractivity contribution in [2.24, 2.45) is 0 Å². The van der Waals surface area contributed by atoms with E-state index in [1.807, 2.05) is 0 Å². The van der Waals surface area contributed by atoms with Crippen LogP contribution in [0.25, 0.3) is 0 Å². The van der Waals surface area contributed by atoms with Crippen LogP contribution in [0.4, 0.5) is 4.39 Å². The summed E-state index contributed by atoms with van der Waals surface area (Å²) in [6.07, 6.45) is 0.0443. The first-order valence-corrected chi connectivity index (χ1v) is 7.88. The van der Waals surface area contributed by atoms with E-state index in [1.165, 1.54) is 12.1 Å². The molecule has 1 N–H and O–H groups in total. The lowest BCUT2D eigenvalue weighted by Crippen LogP contribution is -2.50. The number of carbonyl (C=O) groups excluding carboxylic acids is 1. The van der Waals surface area contributed by atoms with Gasteiger partial charge in [0, 0.05) is 23.1 Å². The van der Waals surface area contributed by atoms with E-state index in [-0.39, 0.29) is 22.5 Å². The Morgan fingerprint density at radius 1 is 1.27 bits per heavy atom. The molecule has 0 amide bonds. The summed E-state index contributed by atoms with van der Waals surface area (Å²) in [6.45, 7) is 1.49. The quantitative estimate of drug-likeness (QED) is 0.815. The minimum atomic E-state index is -0.615. The third-order valence-corrected chi connectivity index (χ3v) is 4.21. The van der Waals surface area contributed by atoms with Crippen molar-refractivity contribution in [1.82, 2.24) is 5.32 Å². The highest BCUT2D eigenvalue weighted by molar-refractivity contribution is 9.10. The van der Waals surface area contributed by atoms with Gasteiger partial charge < -0.3 is 10.1 Å². The molecule has 0 aliphatic carbocycles. The van der Waals surface area contributed by atoms with E-state index < -0.39 is 5.82 Å². The molecular weight excluding hydrogens is 373 g/mol. The molecule has 3 rings (SSSR count). The second-order valence-corrected chi connectivity index (χ2v) is 6.32. The third kappa shape index (κ3) is 3.16. The van der Waals surface area contributed by atoms with Crippen LogP contribution in [0, 0.1) is 5.82 Å². The molecule has 0 saturated carbocycles. The Morgan fingerprint density at radius 3 is 2.68 bits per heavy atom. The van der Waals surface area contributed by atoms with Gasteiger partial charge in [-0.05, 0) is 36.4 Å². The summed E-state index contributed by atoms with van der Waals surface area (Å²) in [5, 5.41) is 3.09. The maximum Gasteiger partial charge on any atom is 0.196 e. The number of carbonyl (C=O) groups is 1. The summed E-state index contributed by atoms with van der Waals surface area (Å²) in [5.41, 5.74) is 0.637. The lowest BCUT2D eigenvalue weighted by molar-refractivity contribution is 0.102. The summed E-state index contributed by atoms with van der Waals surface area (Å²) in [4.78, 5) is 12.6. The van der Waals surface area contributed by atoms with E-state index in [1.54, 1.807) is 18.2 Å². The van der Waals surface area contributed by atoms with Crippen molar-refractivity contribution in [1.29, 1.82) is 0 Å². The number of ketones is 1. The molecule has 1 heterocycles. The van der Waals surface area contributed by atoms with Crippen LogP contribution < -0.4 is 10.1 Å². The maximum atomic E-state index is 13.6. The molecule has 6 heteroatoms. The van der Waals surface area contributed by atoms with Crippen LogP contribution >= 0.6 is 27.5 Å². The van der Waals surface area contributed by atoms with Crippen molar-refractivity contribution in [2.75, 3.05) is 13.1 Å². The predicted octanol–water partition coefficient (Wildman–Crippen LogP) is 3.82. The molecule has 114 valence electrons. The Bertz CT molecular complexity index is 734. The van der Waals surface area contributed by atoms with Crippen LogP contribution in [-0.2, 0) is 0 Å². The molecule has 1 aliphatic heterocycles. The minimum absolute atomic E-state index is 0.00984. The molecular formula is C16H12BrClFNO2. The first-order valence-electron chi connectivity index (χ1n) is 6.71. The molecule has 0 radical (unpaired) electrons. The van der Waals surface area contributed by atoms with Gasteiger partial charge in [0.2, 0.25) is 0 Å². The van der Waals surface area contributed by atoms with E-state index in [4.69, 9.17) is 16.3 Å². The van der Waals surface area contributed by atoms with E-state index in [2.05, 4.69) is 21.2 Å². The van der Waals surface area contributed by atoms with Crippen LogP contribution in [0.2, 0.25) is 5.02 Å². The van der Waals surface area contributed by atoms with Crippen LogP contribution in [0.5, 0.6) is 5.75 Å². The molecule has 0 aromatic heterocycles. The topological polar surface area (TPSA) is 38.3 Å². The van der Waals surface area contributed by atoms with Crippen molar-refractivity contribution in [2.45, 2.75) is 6.10 Å². The molecule has 0 spiro atoms. The number of benzene rings is 2. The molecule has 22 heavy (non-hydrogen) atoms. The average Bonchev–Trinajstić information content (AvgIpc) is 2.45. The summed E-state index contributed by atoms with van der Waals surface area (Å²) < 4.78 is 20.2. The summed E-state index contributed by atoms with van der Waals surface area (Å²) in [6, 6.07) is 9.19. The summed E-state index contributed by atoms with van der Waals surface area (Å²) in [7, 11) is 0. The fourth-order valence-electron chi connectivity index (χ4n) is 2.10. The van der Waals surface area contributed by atoms with E-state index in [0.29, 0.717) is 11.3 Å². The molecule has 0 atom stereocenters. The van der Waals surface area contributed by atoms with Gasteiger partial charge in [-0.15, -0.1) is 0 Å². The number of ether oxygens (including phenoxy) is 1. The number of halogens is 3. The minimum Gasteiger partial charge on any atom is -0.487 e. The second-order valence-electron chi connectivity index (χ2n) is 5.00. The van der Waals surface area contributed by atoms with Gasteiger partial charge in [0.1, 0.15) is 17.7 Å². The standard InChI is InChI=1S/C16H12BrClFNO2/c17-10-2-3-12(15(6-10)22-11-7-20-8-11)16(21)9-1-4-13(18)14(19)5-9/h1-6,11,20H,7-8H2. The van der Waals surface area contributed by atoms with Crippen molar-refractivity contribution in [3.8, 4) is 5.75 Å². The van der Waals surface area contributed by atoms with Crippen LogP contribution in [0.3, 0.4) is 0 Å². The molecule has 3 nitrogen and oxygen atoms in total. The van der Waals surface area contributed by atoms with Crippen LogP contribution in [-0.4, -0.2) is 25.0 Å². The van der Waals surface area contributed by atoms with Crippen molar-refractivity contribution >= 4 is 33.3 Å². The monoisotopic (exact) mass is 383 g/mol. The Balaban J connectivity index is 1.95. The van der Waals surface area contributed by atoms with Gasteiger partial charge in [0.25, 0.3) is 0 Å². The Kier molecular flexibility index (Phi) is 4.47. The highest BCUT2D eigenvalue weighted by atomic mass is 79.9. The van der Waals surface area contributed by atoms with E-state index in [9.17, 15) is 9.18 Å². The molecule has 1 fully saturated rings. The van der Waals surface area contributed by atoms with Gasteiger partial charge in [-0.1, -0.05) is 27.5 Å². The first kappa shape index (κ1) is 15.5. The molecule has 2 aromatic carbocycles. The second kappa shape index (κ2) is 6.36. The summed E-state index contributed by atoms with van der Waals surface area (Å²) >= 11 is 9.02. The molecule has 1 aliphatic rings. The van der Waals surface area contributed by atoms with Gasteiger partial charge in [0.15, 0.2) is 5.78 Å². The zero-order valence-electron chi connectivity index (χ0n) is 11.4. The van der Waals surface area contributed by atoms with Crippen LogP contribution in [0.15, 0.2) is 40.9 Å². The lowest BCUT2D eigenvalue weighted by atomic mass is 10.0. The van der Waals surface area contributed by atoms with Crippen LogP contribution in [0.1, 0.15) is 15.9 Å². The Hall–Kier alpha value is -1.43. The first-order chi connectivity index (χ1) is 10.5. The van der Waals surface area contributed by atoms with Gasteiger partial charge >= 0.3 is 0 Å². The number of rotatable bonds is 4. The number of hydrogen-bond acceptors (Lipinski definition) is 3. The highest BCUT2D eigenvalue weighted by Crippen LogP contribution is 2.28. The Morgan fingerprint density at radius 2 is 2.05 bits per heavy atom. The van der Waals surface area contributed by atoms with Gasteiger partial charge in [0.05, 0.1) is 10.6 Å². The Labute approximate surface area is 140 Å². The smallest absolute Gasteiger partial charge is 0.196 e. The van der Waals surface area contributed by atoms with Gasteiger partial charge in [-0.25, -0.2) is 4.39 Å². The van der Waals surface area contributed by atoms with Gasteiger partial charge in [-0.3, -0.25) is 4.79 Å². The maximum absolute atomic E-state index is 13.6. The zero-order chi connectivity index (χ0) is 15.7. The van der Waals surface area contributed by atoms with Crippen molar-refractivity contribution < 1.29 is 13.9 Å². The largest absolute Gasteiger partial charge is 0.487 e. The van der Waals surface area contributed by atoms with Crippen molar-refractivity contribution in [3.05, 3.63) is 62.8 Å². The molecule has 1 saturated heterocycles. The fourth-order valence-corrected chi connectivity index (χ4v) is 2.56. The summed E-state index contributed by atoms with van der Waals surface area (Å²) in [5.74, 6) is -0.429. The van der Waals surface area contributed by atoms with Crippen molar-refractivity contribution in [3.63, 3.8) is 0 Å². The molecule has 2 aromatic rings.